The van der Waals surface area contributed by atoms with Crippen LogP contribution in [-0.2, 0) is 6.54 Å². The molecule has 146 valence electrons. The number of halogens is 5. The molecule has 1 N–H and O–H groups in total. The van der Waals surface area contributed by atoms with Crippen molar-refractivity contribution >= 4 is 46.4 Å². The minimum Gasteiger partial charge on any atom is -0.319 e. The Morgan fingerprint density at radius 1 is 1.07 bits per heavy atom. The number of hydrogen-bond acceptors (Lipinski definition) is 2. The molecule has 28 heavy (non-hydrogen) atoms. The molecule has 0 aliphatic rings. The lowest BCUT2D eigenvalue weighted by atomic mass is 10.2. The standard InChI is InChI=1S/C19H14Cl3F2N3O/c1-9-18(25-19(28)13-6-16(23)17(24)7-15(13)22)10(2)27(26-9)8-11-3-4-12(20)5-14(11)21/h3-7H,8H2,1-2H3,(H,25,28). The van der Waals surface area contributed by atoms with E-state index in [4.69, 9.17) is 34.8 Å². The first-order chi connectivity index (χ1) is 13.2. The first kappa shape index (κ1) is 20.6. The Kier molecular flexibility index (Phi) is 5.93. The van der Waals surface area contributed by atoms with Crippen molar-refractivity contribution in [2.45, 2.75) is 20.4 Å². The van der Waals surface area contributed by atoms with Crippen LogP contribution in [0.15, 0.2) is 30.3 Å². The van der Waals surface area contributed by atoms with Gasteiger partial charge in [-0.3, -0.25) is 9.48 Å². The van der Waals surface area contributed by atoms with Gasteiger partial charge in [0.1, 0.15) is 0 Å². The number of anilines is 1. The van der Waals surface area contributed by atoms with E-state index in [9.17, 15) is 13.6 Å². The van der Waals surface area contributed by atoms with Gasteiger partial charge in [-0.05, 0) is 43.7 Å². The number of rotatable bonds is 4. The van der Waals surface area contributed by atoms with Crippen molar-refractivity contribution in [2.75, 3.05) is 5.32 Å². The summed E-state index contributed by atoms with van der Waals surface area (Å²) >= 11 is 18.0. The third-order valence-electron chi connectivity index (χ3n) is 4.21. The first-order valence-electron chi connectivity index (χ1n) is 8.11. The molecule has 0 saturated heterocycles. The van der Waals surface area contributed by atoms with Gasteiger partial charge in [0.15, 0.2) is 11.6 Å². The molecule has 1 heterocycles. The van der Waals surface area contributed by atoms with Crippen LogP contribution < -0.4 is 5.32 Å². The average Bonchev–Trinajstić information content (AvgIpc) is 2.88. The van der Waals surface area contributed by atoms with Crippen molar-refractivity contribution in [1.82, 2.24) is 9.78 Å². The van der Waals surface area contributed by atoms with Crippen LogP contribution in [0.2, 0.25) is 15.1 Å². The molecule has 0 fully saturated rings. The fourth-order valence-electron chi connectivity index (χ4n) is 2.72. The number of aryl methyl sites for hydroxylation is 1. The Morgan fingerprint density at radius 3 is 2.43 bits per heavy atom. The molecule has 4 nitrogen and oxygen atoms in total. The maximum Gasteiger partial charge on any atom is 0.257 e. The van der Waals surface area contributed by atoms with Crippen molar-refractivity contribution in [2.24, 2.45) is 0 Å². The van der Waals surface area contributed by atoms with Gasteiger partial charge in [0.2, 0.25) is 0 Å². The molecule has 1 amide bonds. The summed E-state index contributed by atoms with van der Waals surface area (Å²) in [4.78, 5) is 12.5. The second-order valence-electron chi connectivity index (χ2n) is 6.14. The van der Waals surface area contributed by atoms with E-state index in [1.165, 1.54) is 0 Å². The lowest BCUT2D eigenvalue weighted by Crippen LogP contribution is -2.14. The summed E-state index contributed by atoms with van der Waals surface area (Å²) in [5.74, 6) is -2.95. The van der Waals surface area contributed by atoms with Gasteiger partial charge >= 0.3 is 0 Å². The molecule has 0 saturated carbocycles. The molecule has 0 atom stereocenters. The third kappa shape index (κ3) is 4.14. The number of amides is 1. The highest BCUT2D eigenvalue weighted by Gasteiger charge is 2.19. The number of carbonyl (C=O) groups excluding carboxylic acids is 1. The number of aromatic nitrogens is 2. The Balaban J connectivity index is 1.88. The monoisotopic (exact) mass is 443 g/mol. The second-order valence-corrected chi connectivity index (χ2v) is 7.39. The van der Waals surface area contributed by atoms with Crippen molar-refractivity contribution in [3.8, 4) is 0 Å². The summed E-state index contributed by atoms with van der Waals surface area (Å²) in [6.07, 6.45) is 0. The molecule has 0 aliphatic carbocycles. The molecule has 0 bridgehead atoms. The molecule has 0 aliphatic heterocycles. The van der Waals surface area contributed by atoms with Gasteiger partial charge in [-0.2, -0.15) is 5.10 Å². The van der Waals surface area contributed by atoms with Crippen LogP contribution in [0.3, 0.4) is 0 Å². The molecular formula is C19H14Cl3F2N3O. The molecule has 0 radical (unpaired) electrons. The molecule has 9 heteroatoms. The average molecular weight is 445 g/mol. The SMILES string of the molecule is Cc1nn(Cc2ccc(Cl)cc2Cl)c(C)c1NC(=O)c1cc(F)c(F)cc1Cl. The smallest absolute Gasteiger partial charge is 0.257 e. The normalized spacial score (nSPS) is 11.0. The Bertz CT molecular complexity index is 1080. The topological polar surface area (TPSA) is 46.9 Å². The molecule has 0 unspecified atom stereocenters. The van der Waals surface area contributed by atoms with E-state index in [2.05, 4.69) is 10.4 Å². The Labute approximate surface area is 175 Å². The lowest BCUT2D eigenvalue weighted by Gasteiger charge is -2.09. The van der Waals surface area contributed by atoms with E-state index in [-0.39, 0.29) is 10.6 Å². The van der Waals surface area contributed by atoms with E-state index < -0.39 is 17.5 Å². The zero-order valence-electron chi connectivity index (χ0n) is 14.8. The van der Waals surface area contributed by atoms with E-state index >= 15 is 0 Å². The largest absolute Gasteiger partial charge is 0.319 e. The van der Waals surface area contributed by atoms with Gasteiger partial charge in [0.25, 0.3) is 5.91 Å². The molecule has 3 rings (SSSR count). The lowest BCUT2D eigenvalue weighted by molar-refractivity contribution is 0.102. The summed E-state index contributed by atoms with van der Waals surface area (Å²) in [6.45, 7) is 3.85. The minimum atomic E-state index is -1.16. The predicted octanol–water partition coefficient (Wildman–Crippen LogP) is 6.04. The van der Waals surface area contributed by atoms with E-state index in [0.29, 0.717) is 33.7 Å². The van der Waals surface area contributed by atoms with Crippen LogP contribution in [0.1, 0.15) is 27.3 Å². The van der Waals surface area contributed by atoms with Crippen molar-refractivity contribution in [3.63, 3.8) is 0 Å². The molecule has 3 aromatic rings. The summed E-state index contributed by atoms with van der Waals surface area (Å²) in [6, 6.07) is 6.67. The van der Waals surface area contributed by atoms with Crippen LogP contribution in [0.4, 0.5) is 14.5 Å². The summed E-state index contributed by atoms with van der Waals surface area (Å²) in [7, 11) is 0. The zero-order chi connectivity index (χ0) is 20.6. The molecule has 2 aromatic carbocycles. The highest BCUT2D eigenvalue weighted by Crippen LogP contribution is 2.26. The van der Waals surface area contributed by atoms with Crippen LogP contribution >= 0.6 is 34.8 Å². The predicted molar refractivity (Wildman–Crippen MR) is 107 cm³/mol. The van der Waals surface area contributed by atoms with Crippen molar-refractivity contribution in [1.29, 1.82) is 0 Å². The van der Waals surface area contributed by atoms with Crippen LogP contribution in [0.25, 0.3) is 0 Å². The van der Waals surface area contributed by atoms with E-state index in [1.807, 2.05) is 0 Å². The van der Waals surface area contributed by atoms with E-state index in [1.54, 1.807) is 36.7 Å². The van der Waals surface area contributed by atoms with Crippen LogP contribution in [-0.4, -0.2) is 15.7 Å². The number of nitrogens with one attached hydrogen (secondary N) is 1. The Hall–Kier alpha value is -2.15. The van der Waals surface area contributed by atoms with Gasteiger partial charge < -0.3 is 5.32 Å². The summed E-state index contributed by atoms with van der Waals surface area (Å²) < 4.78 is 28.4. The maximum atomic E-state index is 13.5. The Morgan fingerprint density at radius 2 is 1.75 bits per heavy atom. The van der Waals surface area contributed by atoms with Gasteiger partial charge in [-0.25, -0.2) is 8.78 Å². The van der Waals surface area contributed by atoms with Crippen molar-refractivity contribution in [3.05, 3.63) is 79.5 Å². The summed E-state index contributed by atoms with van der Waals surface area (Å²) in [5.41, 5.74) is 2.30. The second kappa shape index (κ2) is 8.07. The molecule has 1 aromatic heterocycles. The van der Waals surface area contributed by atoms with Gasteiger partial charge in [-0.1, -0.05) is 40.9 Å². The van der Waals surface area contributed by atoms with Crippen molar-refractivity contribution < 1.29 is 13.6 Å². The van der Waals surface area contributed by atoms with Gasteiger partial charge in [-0.15, -0.1) is 0 Å². The quantitative estimate of drug-likeness (QED) is 0.499. The molecule has 0 spiro atoms. The van der Waals surface area contributed by atoms with Crippen LogP contribution in [0, 0.1) is 25.5 Å². The summed E-state index contributed by atoms with van der Waals surface area (Å²) in [5, 5.41) is 7.91. The fraction of sp³-hybridized carbons (Fsp3) is 0.158. The number of carbonyl (C=O) groups is 1. The molecular weight excluding hydrogens is 431 g/mol. The highest BCUT2D eigenvalue weighted by molar-refractivity contribution is 6.35. The van der Waals surface area contributed by atoms with E-state index in [0.717, 1.165) is 17.7 Å². The third-order valence-corrected chi connectivity index (χ3v) is 5.11. The zero-order valence-corrected chi connectivity index (χ0v) is 17.1. The highest BCUT2D eigenvalue weighted by atomic mass is 35.5. The number of benzene rings is 2. The number of nitrogens with zero attached hydrogens (tertiary/aromatic N) is 2. The van der Waals surface area contributed by atoms with Crippen LogP contribution in [0.5, 0.6) is 0 Å². The minimum absolute atomic E-state index is 0.173. The van der Waals surface area contributed by atoms with Gasteiger partial charge in [0, 0.05) is 10.0 Å². The number of hydrogen-bond donors (Lipinski definition) is 1. The van der Waals surface area contributed by atoms with Gasteiger partial charge in [0.05, 0.1) is 34.2 Å². The maximum absolute atomic E-state index is 13.5. The first-order valence-corrected chi connectivity index (χ1v) is 9.24. The fourth-order valence-corrected chi connectivity index (χ4v) is 3.42.